The highest BCUT2D eigenvalue weighted by Crippen LogP contribution is 2.44. The minimum absolute atomic E-state index is 0.172. The van der Waals surface area contributed by atoms with Crippen LogP contribution in [0, 0.1) is 5.92 Å². The number of ketones is 1. The van der Waals surface area contributed by atoms with Crippen molar-refractivity contribution in [1.82, 2.24) is 0 Å². The molecule has 1 fully saturated rings. The molecule has 0 N–H and O–H groups in total. The van der Waals surface area contributed by atoms with Gasteiger partial charge in [-0.3, -0.25) is 4.79 Å². The molecule has 3 rings (SSSR count). The fourth-order valence-corrected chi connectivity index (χ4v) is 2.97. The van der Waals surface area contributed by atoms with E-state index < -0.39 is 0 Å². The highest BCUT2D eigenvalue weighted by atomic mass is 16.5. The minimum Gasteiger partial charge on any atom is -0.370 e. The molecule has 13 heavy (non-hydrogen) atoms. The zero-order valence-electron chi connectivity index (χ0n) is 7.88. The zero-order chi connectivity index (χ0) is 9.00. The Labute approximate surface area is 78.0 Å². The second kappa shape index (κ2) is 2.44. The van der Waals surface area contributed by atoms with Crippen molar-refractivity contribution in [3.05, 3.63) is 11.1 Å². The molecule has 3 atom stereocenters. The zero-order valence-corrected chi connectivity index (χ0v) is 7.88. The Morgan fingerprint density at radius 3 is 3.00 bits per heavy atom. The molecule has 0 unspecified atom stereocenters. The van der Waals surface area contributed by atoms with Crippen LogP contribution < -0.4 is 0 Å². The molecule has 0 aromatic heterocycles. The Morgan fingerprint density at radius 2 is 2.15 bits per heavy atom. The van der Waals surface area contributed by atoms with Crippen LogP contribution in [0.15, 0.2) is 11.1 Å². The van der Waals surface area contributed by atoms with Crippen molar-refractivity contribution in [3.8, 4) is 0 Å². The molecule has 2 bridgehead atoms. The van der Waals surface area contributed by atoms with Crippen LogP contribution >= 0.6 is 0 Å². The molecule has 0 aromatic rings. The van der Waals surface area contributed by atoms with Crippen molar-refractivity contribution in [2.75, 3.05) is 0 Å². The third kappa shape index (κ3) is 0.953. The SMILES string of the molecule is C[C@@H]1CC(=O)C2=C1C[C@H]1CC[C@@H]2O1. The van der Waals surface area contributed by atoms with E-state index in [0.717, 1.165) is 31.3 Å². The van der Waals surface area contributed by atoms with Crippen LogP contribution in [0.1, 0.15) is 32.6 Å². The number of carbonyl (C=O) groups is 1. The van der Waals surface area contributed by atoms with Crippen LogP contribution in [-0.4, -0.2) is 18.0 Å². The van der Waals surface area contributed by atoms with E-state index in [1.165, 1.54) is 5.57 Å². The number of ether oxygens (including phenoxy) is 1. The molecule has 0 aromatic carbocycles. The number of Topliss-reactive ketones (excluding diaryl/α,β-unsaturated/α-hetero) is 1. The molecule has 1 aliphatic carbocycles. The lowest BCUT2D eigenvalue weighted by Crippen LogP contribution is -2.22. The molecule has 0 amide bonds. The van der Waals surface area contributed by atoms with Gasteiger partial charge in [-0.25, -0.2) is 0 Å². The van der Waals surface area contributed by atoms with Crippen LogP contribution in [0.4, 0.5) is 0 Å². The maximum absolute atomic E-state index is 11.7. The van der Waals surface area contributed by atoms with Crippen molar-refractivity contribution >= 4 is 5.78 Å². The van der Waals surface area contributed by atoms with Crippen molar-refractivity contribution in [2.24, 2.45) is 5.92 Å². The predicted molar refractivity (Wildman–Crippen MR) is 48.3 cm³/mol. The van der Waals surface area contributed by atoms with E-state index in [1.807, 2.05) is 0 Å². The molecular formula is C11H14O2. The second-order valence-electron chi connectivity index (χ2n) is 4.50. The molecule has 1 saturated heterocycles. The van der Waals surface area contributed by atoms with Crippen LogP contribution in [0.25, 0.3) is 0 Å². The summed E-state index contributed by atoms with van der Waals surface area (Å²) in [5.41, 5.74) is 2.48. The number of rotatable bonds is 0. The minimum atomic E-state index is 0.172. The van der Waals surface area contributed by atoms with E-state index >= 15 is 0 Å². The first-order valence-electron chi connectivity index (χ1n) is 5.17. The number of fused-ring (bicyclic) bond motifs is 3. The summed E-state index contributed by atoms with van der Waals surface area (Å²) in [7, 11) is 0. The Morgan fingerprint density at radius 1 is 1.31 bits per heavy atom. The maximum Gasteiger partial charge on any atom is 0.162 e. The molecule has 0 radical (unpaired) electrons. The van der Waals surface area contributed by atoms with Gasteiger partial charge in [0, 0.05) is 12.0 Å². The monoisotopic (exact) mass is 178 g/mol. The normalized spacial score (nSPS) is 42.8. The summed E-state index contributed by atoms with van der Waals surface area (Å²) in [6, 6.07) is 0. The number of carbonyl (C=O) groups excluding carboxylic acids is 1. The fraction of sp³-hybridized carbons (Fsp3) is 0.727. The van der Waals surface area contributed by atoms with Crippen molar-refractivity contribution in [2.45, 2.75) is 44.8 Å². The molecule has 3 aliphatic rings. The van der Waals surface area contributed by atoms with E-state index in [4.69, 9.17) is 4.74 Å². The Balaban J connectivity index is 2.05. The first-order chi connectivity index (χ1) is 6.25. The highest BCUT2D eigenvalue weighted by Gasteiger charge is 2.43. The van der Waals surface area contributed by atoms with Gasteiger partial charge in [0.05, 0.1) is 12.2 Å². The van der Waals surface area contributed by atoms with Crippen molar-refractivity contribution in [1.29, 1.82) is 0 Å². The molecule has 2 heterocycles. The standard InChI is InChI=1S/C11H14O2/c1-6-4-9(12)11-8(6)5-7-2-3-10(11)13-7/h6-7,10H,2-5H2,1H3/t6-,7-,10+/m1/s1. The smallest absolute Gasteiger partial charge is 0.162 e. The third-order valence-electron chi connectivity index (χ3n) is 3.61. The topological polar surface area (TPSA) is 26.3 Å². The van der Waals surface area contributed by atoms with Crippen LogP contribution in [-0.2, 0) is 9.53 Å². The largest absolute Gasteiger partial charge is 0.370 e. The van der Waals surface area contributed by atoms with Crippen LogP contribution in [0.2, 0.25) is 0 Å². The Bertz CT molecular complexity index is 303. The van der Waals surface area contributed by atoms with E-state index in [9.17, 15) is 4.79 Å². The van der Waals surface area contributed by atoms with E-state index in [2.05, 4.69) is 6.92 Å². The maximum atomic E-state index is 11.7. The Kier molecular flexibility index (Phi) is 1.46. The number of hydrogen-bond donors (Lipinski definition) is 0. The van der Waals surface area contributed by atoms with Gasteiger partial charge in [0.2, 0.25) is 0 Å². The van der Waals surface area contributed by atoms with Gasteiger partial charge in [0.25, 0.3) is 0 Å². The highest BCUT2D eigenvalue weighted by molar-refractivity contribution is 6.00. The molecule has 70 valence electrons. The summed E-state index contributed by atoms with van der Waals surface area (Å²) in [5.74, 6) is 0.849. The number of hydrogen-bond acceptors (Lipinski definition) is 2. The van der Waals surface area contributed by atoms with Gasteiger partial charge in [0.15, 0.2) is 5.78 Å². The van der Waals surface area contributed by atoms with Crippen LogP contribution in [0.3, 0.4) is 0 Å². The summed E-state index contributed by atoms with van der Waals surface area (Å²) in [6.07, 6.45) is 4.58. The fourth-order valence-electron chi connectivity index (χ4n) is 2.97. The van der Waals surface area contributed by atoms with E-state index in [0.29, 0.717) is 17.8 Å². The average Bonchev–Trinajstić information content (AvgIpc) is 2.58. The van der Waals surface area contributed by atoms with Crippen molar-refractivity contribution in [3.63, 3.8) is 0 Å². The van der Waals surface area contributed by atoms with Gasteiger partial charge in [-0.05, 0) is 25.2 Å². The van der Waals surface area contributed by atoms with Gasteiger partial charge in [-0.2, -0.15) is 0 Å². The quantitative estimate of drug-likeness (QED) is 0.565. The molecule has 2 heteroatoms. The van der Waals surface area contributed by atoms with Gasteiger partial charge in [0.1, 0.15) is 0 Å². The lowest BCUT2D eigenvalue weighted by atomic mass is 9.96. The summed E-state index contributed by atoms with van der Waals surface area (Å²) < 4.78 is 5.75. The summed E-state index contributed by atoms with van der Waals surface area (Å²) in [5, 5.41) is 0. The second-order valence-corrected chi connectivity index (χ2v) is 4.50. The summed E-state index contributed by atoms with van der Waals surface area (Å²) >= 11 is 0. The average molecular weight is 178 g/mol. The molecule has 0 saturated carbocycles. The molecule has 0 spiro atoms. The Hall–Kier alpha value is -0.630. The molecular weight excluding hydrogens is 164 g/mol. The first-order valence-corrected chi connectivity index (χ1v) is 5.17. The first kappa shape index (κ1) is 7.74. The van der Waals surface area contributed by atoms with E-state index in [-0.39, 0.29) is 6.10 Å². The van der Waals surface area contributed by atoms with Crippen molar-refractivity contribution < 1.29 is 9.53 Å². The molecule has 2 nitrogen and oxygen atoms in total. The van der Waals surface area contributed by atoms with Gasteiger partial charge in [-0.1, -0.05) is 12.5 Å². The summed E-state index contributed by atoms with van der Waals surface area (Å²) in [4.78, 5) is 11.7. The predicted octanol–water partition coefficient (Wildman–Crippen LogP) is 1.84. The van der Waals surface area contributed by atoms with Gasteiger partial charge < -0.3 is 4.74 Å². The van der Waals surface area contributed by atoms with Gasteiger partial charge in [-0.15, -0.1) is 0 Å². The summed E-state index contributed by atoms with van der Waals surface area (Å²) in [6.45, 7) is 2.17. The third-order valence-corrected chi connectivity index (χ3v) is 3.61. The van der Waals surface area contributed by atoms with E-state index in [1.54, 1.807) is 0 Å². The lowest BCUT2D eigenvalue weighted by molar-refractivity contribution is -0.116. The molecule has 2 aliphatic heterocycles. The van der Waals surface area contributed by atoms with Crippen LogP contribution in [0.5, 0.6) is 0 Å². The van der Waals surface area contributed by atoms with Gasteiger partial charge >= 0.3 is 0 Å². The lowest BCUT2D eigenvalue weighted by Gasteiger charge is -2.23.